The molecule has 2 fully saturated rings. The maximum Gasteiger partial charge on any atom is 0.215 e. The van der Waals surface area contributed by atoms with E-state index in [1.54, 1.807) is 0 Å². The Morgan fingerprint density at radius 2 is 2.00 bits per heavy atom. The molecule has 0 N–H and O–H groups in total. The van der Waals surface area contributed by atoms with Crippen LogP contribution in [0.15, 0.2) is 0 Å². The minimum Gasteiger partial charge on any atom is -0.295 e. The first-order valence-corrected chi connectivity index (χ1v) is 5.85. The predicted molar refractivity (Wildman–Crippen MR) is 55.9 cm³/mol. The monoisotopic (exact) mass is 245 g/mol. The third-order valence-electron chi connectivity index (χ3n) is 3.65. The second-order valence-corrected chi connectivity index (χ2v) is 5.33. The Hall–Kier alpha value is 0.110. The van der Waals surface area contributed by atoms with Crippen molar-refractivity contribution in [2.45, 2.75) is 38.1 Å². The molecule has 1 unspecified atom stereocenters. The Balaban J connectivity index is 2.10. The average Bonchev–Trinajstić information content (AvgIpc) is 2.03. The molecule has 1 spiro atoms. The van der Waals surface area contributed by atoms with Crippen LogP contribution in [0.1, 0.15) is 32.1 Å². The van der Waals surface area contributed by atoms with Gasteiger partial charge in [0, 0.05) is 12.0 Å². The van der Waals surface area contributed by atoms with E-state index in [4.69, 9.17) is 0 Å². The van der Waals surface area contributed by atoms with Crippen molar-refractivity contribution in [1.29, 1.82) is 0 Å². The summed E-state index contributed by atoms with van der Waals surface area (Å²) in [6, 6.07) is 0.160. The van der Waals surface area contributed by atoms with Crippen LogP contribution in [0.25, 0.3) is 0 Å². The van der Waals surface area contributed by atoms with Gasteiger partial charge in [0.25, 0.3) is 0 Å². The number of carbonyl (C=O) groups excluding carboxylic acids is 1. The standard InChI is InChI=1S/C10H16BrNO/c1-12-7-10(8(12)9(11)13)5-3-2-4-6-10/h8H,2-7H2,1H3. The summed E-state index contributed by atoms with van der Waals surface area (Å²) in [7, 11) is 2.05. The van der Waals surface area contributed by atoms with Crippen molar-refractivity contribution in [2.24, 2.45) is 5.41 Å². The highest BCUT2D eigenvalue weighted by molar-refractivity contribution is 9.18. The van der Waals surface area contributed by atoms with Crippen LogP contribution >= 0.6 is 15.9 Å². The number of hydrogen-bond donors (Lipinski definition) is 0. The van der Waals surface area contributed by atoms with E-state index in [-0.39, 0.29) is 10.7 Å². The van der Waals surface area contributed by atoms with Gasteiger partial charge in [-0.3, -0.25) is 9.69 Å². The van der Waals surface area contributed by atoms with E-state index in [9.17, 15) is 4.79 Å². The summed E-state index contributed by atoms with van der Waals surface area (Å²) in [6.07, 6.45) is 6.47. The molecule has 2 nitrogen and oxygen atoms in total. The van der Waals surface area contributed by atoms with Crippen LogP contribution in [0, 0.1) is 5.41 Å². The quantitative estimate of drug-likeness (QED) is 0.661. The summed E-state index contributed by atoms with van der Waals surface area (Å²) in [5.74, 6) is 0. The molecule has 2 aliphatic rings. The first kappa shape index (κ1) is 9.66. The number of nitrogens with zero attached hydrogens (tertiary/aromatic N) is 1. The third kappa shape index (κ3) is 1.46. The molecule has 2 rings (SSSR count). The zero-order valence-corrected chi connectivity index (χ0v) is 9.64. The maximum atomic E-state index is 11.4. The molecule has 0 aromatic rings. The first-order valence-electron chi connectivity index (χ1n) is 5.05. The molecular formula is C10H16BrNO. The molecule has 1 heterocycles. The van der Waals surface area contributed by atoms with Crippen LogP contribution in [-0.2, 0) is 4.79 Å². The zero-order chi connectivity index (χ0) is 9.47. The van der Waals surface area contributed by atoms with Gasteiger partial charge in [0.1, 0.15) is 0 Å². The lowest BCUT2D eigenvalue weighted by atomic mass is 9.63. The molecule has 0 aromatic heterocycles. The lowest BCUT2D eigenvalue weighted by Crippen LogP contribution is -2.65. The van der Waals surface area contributed by atoms with Gasteiger partial charge in [0.2, 0.25) is 4.69 Å². The van der Waals surface area contributed by atoms with Gasteiger partial charge in [-0.15, -0.1) is 0 Å². The molecular weight excluding hydrogens is 230 g/mol. The van der Waals surface area contributed by atoms with Gasteiger partial charge < -0.3 is 0 Å². The summed E-state index contributed by atoms with van der Waals surface area (Å²) in [4.78, 5) is 13.6. The number of hydrogen-bond acceptors (Lipinski definition) is 2. The zero-order valence-electron chi connectivity index (χ0n) is 8.05. The van der Waals surface area contributed by atoms with Gasteiger partial charge in [-0.25, -0.2) is 0 Å². The van der Waals surface area contributed by atoms with Crippen LogP contribution in [0.4, 0.5) is 0 Å². The maximum absolute atomic E-state index is 11.4. The van der Waals surface area contributed by atoms with Crippen molar-refractivity contribution in [3.63, 3.8) is 0 Å². The topological polar surface area (TPSA) is 20.3 Å². The van der Waals surface area contributed by atoms with Gasteiger partial charge in [0.05, 0.1) is 6.04 Å². The Bertz CT molecular complexity index is 217. The number of carbonyl (C=O) groups is 1. The number of likely N-dealkylation sites (N-methyl/N-ethyl adjacent to an activating group) is 1. The van der Waals surface area contributed by atoms with Crippen LogP contribution in [-0.4, -0.2) is 29.2 Å². The van der Waals surface area contributed by atoms with E-state index in [0.717, 1.165) is 6.54 Å². The molecule has 0 amide bonds. The summed E-state index contributed by atoms with van der Waals surface area (Å²) < 4.78 is 0.183. The predicted octanol–water partition coefficient (Wildman–Crippen LogP) is 2.17. The minimum absolute atomic E-state index is 0.160. The van der Waals surface area contributed by atoms with E-state index in [1.807, 2.05) is 7.05 Å². The molecule has 13 heavy (non-hydrogen) atoms. The van der Waals surface area contributed by atoms with Crippen molar-refractivity contribution < 1.29 is 4.79 Å². The summed E-state index contributed by atoms with van der Waals surface area (Å²) in [5.41, 5.74) is 0.341. The number of halogens is 1. The Morgan fingerprint density at radius 1 is 1.38 bits per heavy atom. The normalized spacial score (nSPS) is 32.9. The molecule has 1 saturated carbocycles. The van der Waals surface area contributed by atoms with Crippen molar-refractivity contribution >= 4 is 20.6 Å². The summed E-state index contributed by atoms with van der Waals surface area (Å²) in [6.45, 7) is 1.12. The number of likely N-dealkylation sites (tertiary alicyclic amines) is 1. The third-order valence-corrected chi connectivity index (χ3v) is 4.08. The van der Waals surface area contributed by atoms with Crippen molar-refractivity contribution in [2.75, 3.05) is 13.6 Å². The van der Waals surface area contributed by atoms with Crippen molar-refractivity contribution in [3.8, 4) is 0 Å². The van der Waals surface area contributed by atoms with Crippen LogP contribution in [0.2, 0.25) is 0 Å². The van der Waals surface area contributed by atoms with Crippen LogP contribution < -0.4 is 0 Å². The molecule has 1 aliphatic heterocycles. The molecule has 3 heteroatoms. The summed E-state index contributed by atoms with van der Waals surface area (Å²) >= 11 is 3.12. The summed E-state index contributed by atoms with van der Waals surface area (Å²) in [5, 5.41) is 0. The fourth-order valence-electron chi connectivity index (χ4n) is 3.13. The van der Waals surface area contributed by atoms with Crippen LogP contribution in [0.5, 0.6) is 0 Å². The lowest BCUT2D eigenvalue weighted by Gasteiger charge is -2.56. The Labute approximate surface area is 87.8 Å². The molecule has 0 bridgehead atoms. The fourth-order valence-corrected chi connectivity index (χ4v) is 3.97. The van der Waals surface area contributed by atoms with E-state index in [2.05, 4.69) is 20.8 Å². The molecule has 1 atom stereocenters. The largest absolute Gasteiger partial charge is 0.295 e. The Kier molecular flexibility index (Phi) is 2.49. The van der Waals surface area contributed by atoms with Gasteiger partial charge in [0.15, 0.2) is 0 Å². The fraction of sp³-hybridized carbons (Fsp3) is 0.900. The molecule has 0 radical (unpaired) electrons. The molecule has 1 aliphatic carbocycles. The van der Waals surface area contributed by atoms with Gasteiger partial charge in [-0.2, -0.15) is 0 Å². The first-order chi connectivity index (χ1) is 6.16. The van der Waals surface area contributed by atoms with Gasteiger partial charge in [-0.1, -0.05) is 19.3 Å². The Morgan fingerprint density at radius 3 is 2.46 bits per heavy atom. The van der Waals surface area contributed by atoms with E-state index in [1.165, 1.54) is 32.1 Å². The van der Waals surface area contributed by atoms with Crippen molar-refractivity contribution in [3.05, 3.63) is 0 Å². The van der Waals surface area contributed by atoms with Gasteiger partial charge >= 0.3 is 0 Å². The smallest absolute Gasteiger partial charge is 0.215 e. The second kappa shape index (κ2) is 3.35. The average molecular weight is 246 g/mol. The van der Waals surface area contributed by atoms with E-state index >= 15 is 0 Å². The molecule has 0 aromatic carbocycles. The second-order valence-electron chi connectivity index (χ2n) is 4.54. The van der Waals surface area contributed by atoms with E-state index < -0.39 is 0 Å². The van der Waals surface area contributed by atoms with Gasteiger partial charge in [-0.05, 0) is 35.8 Å². The highest BCUT2D eigenvalue weighted by Crippen LogP contribution is 2.48. The van der Waals surface area contributed by atoms with Crippen LogP contribution in [0.3, 0.4) is 0 Å². The lowest BCUT2D eigenvalue weighted by molar-refractivity contribution is -0.136. The van der Waals surface area contributed by atoms with E-state index in [0.29, 0.717) is 5.41 Å². The number of rotatable bonds is 1. The molecule has 1 saturated heterocycles. The minimum atomic E-state index is 0.160. The highest BCUT2D eigenvalue weighted by atomic mass is 79.9. The highest BCUT2D eigenvalue weighted by Gasteiger charge is 2.53. The SMILES string of the molecule is CN1CC2(CCCCC2)C1C(=O)Br. The van der Waals surface area contributed by atoms with Crippen molar-refractivity contribution in [1.82, 2.24) is 4.90 Å². The molecule has 74 valence electrons.